The summed E-state index contributed by atoms with van der Waals surface area (Å²) in [4.78, 5) is 0. The third-order valence-electron chi connectivity index (χ3n) is 4.39. The minimum Gasteiger partial charge on any atom is -0.493 e. The van der Waals surface area contributed by atoms with Gasteiger partial charge in [0.25, 0.3) is 0 Å². The second-order valence-corrected chi connectivity index (χ2v) is 7.25. The highest BCUT2D eigenvalue weighted by Crippen LogP contribution is 2.43. The molecule has 0 bridgehead atoms. The molecule has 1 aliphatic rings. The SMILES string of the molecule is COc1cc(C2CC(c3ccc(Br)cc3)=NN2C(N)=S)cc(OC)c1OC. The molecular weight excluding hydrogens is 430 g/mol. The van der Waals surface area contributed by atoms with Crippen LogP contribution >= 0.6 is 28.1 Å². The smallest absolute Gasteiger partial charge is 0.203 e. The van der Waals surface area contributed by atoms with Gasteiger partial charge in [0.15, 0.2) is 16.6 Å². The molecule has 0 aliphatic carbocycles. The Hall–Kier alpha value is -2.32. The molecule has 0 saturated carbocycles. The quantitative estimate of drug-likeness (QED) is 0.698. The molecule has 27 heavy (non-hydrogen) atoms. The van der Waals surface area contributed by atoms with E-state index >= 15 is 0 Å². The van der Waals surface area contributed by atoms with E-state index < -0.39 is 0 Å². The first-order chi connectivity index (χ1) is 13.0. The van der Waals surface area contributed by atoms with Crippen molar-refractivity contribution >= 4 is 39.0 Å². The van der Waals surface area contributed by atoms with Crippen LogP contribution in [0, 0.1) is 0 Å². The average Bonchev–Trinajstić information content (AvgIpc) is 3.13. The Bertz CT molecular complexity index is 861. The van der Waals surface area contributed by atoms with E-state index in [4.69, 9.17) is 32.2 Å². The minimum atomic E-state index is -0.158. The molecule has 2 aromatic carbocycles. The van der Waals surface area contributed by atoms with Gasteiger partial charge in [-0.05, 0) is 47.6 Å². The van der Waals surface area contributed by atoms with E-state index in [1.165, 1.54) is 0 Å². The van der Waals surface area contributed by atoms with Gasteiger partial charge in [-0.3, -0.25) is 0 Å². The predicted octanol–water partition coefficient (Wildman–Crippen LogP) is 3.87. The Morgan fingerprint density at radius 2 is 1.70 bits per heavy atom. The zero-order valence-electron chi connectivity index (χ0n) is 15.2. The number of nitrogens with two attached hydrogens (primary N) is 1. The van der Waals surface area contributed by atoms with Crippen molar-refractivity contribution in [1.82, 2.24) is 5.01 Å². The first kappa shape index (κ1) is 19.4. The number of ether oxygens (including phenoxy) is 3. The summed E-state index contributed by atoms with van der Waals surface area (Å²) < 4.78 is 17.4. The molecule has 8 heteroatoms. The summed E-state index contributed by atoms with van der Waals surface area (Å²) in [7, 11) is 4.75. The molecule has 0 spiro atoms. The highest BCUT2D eigenvalue weighted by molar-refractivity contribution is 9.10. The van der Waals surface area contributed by atoms with Crippen molar-refractivity contribution in [1.29, 1.82) is 0 Å². The topological polar surface area (TPSA) is 69.3 Å². The molecular formula is C19H20BrN3O3S. The van der Waals surface area contributed by atoms with E-state index in [-0.39, 0.29) is 11.2 Å². The van der Waals surface area contributed by atoms with Gasteiger partial charge in [0.1, 0.15) is 0 Å². The standard InChI is InChI=1S/C19H20BrN3O3S/c1-24-16-8-12(9-17(25-2)18(16)26-3)15-10-14(22-23(15)19(21)27)11-4-6-13(20)7-5-11/h4-9,15H,10H2,1-3H3,(H2,21,27). The molecule has 6 nitrogen and oxygen atoms in total. The number of hydrazone groups is 1. The average molecular weight is 450 g/mol. The van der Waals surface area contributed by atoms with Gasteiger partial charge in [-0.1, -0.05) is 28.1 Å². The number of benzene rings is 2. The van der Waals surface area contributed by atoms with Gasteiger partial charge in [-0.25, -0.2) is 5.01 Å². The van der Waals surface area contributed by atoms with Crippen molar-refractivity contribution in [3.8, 4) is 17.2 Å². The van der Waals surface area contributed by atoms with Crippen LogP contribution in [0.4, 0.5) is 0 Å². The fraction of sp³-hybridized carbons (Fsp3) is 0.263. The van der Waals surface area contributed by atoms with Crippen molar-refractivity contribution in [2.24, 2.45) is 10.8 Å². The normalized spacial score (nSPS) is 16.1. The molecule has 1 heterocycles. The molecule has 0 fully saturated rings. The predicted molar refractivity (Wildman–Crippen MR) is 113 cm³/mol. The van der Waals surface area contributed by atoms with Gasteiger partial charge in [0, 0.05) is 10.9 Å². The number of halogens is 1. The second kappa shape index (κ2) is 8.14. The Balaban J connectivity index is 2.01. The van der Waals surface area contributed by atoms with E-state index in [9.17, 15) is 0 Å². The van der Waals surface area contributed by atoms with Gasteiger partial charge in [0.2, 0.25) is 5.75 Å². The molecule has 0 saturated heterocycles. The van der Waals surface area contributed by atoms with Crippen molar-refractivity contribution in [3.63, 3.8) is 0 Å². The lowest BCUT2D eigenvalue weighted by atomic mass is 9.98. The second-order valence-electron chi connectivity index (χ2n) is 5.91. The van der Waals surface area contributed by atoms with Gasteiger partial charge in [-0.2, -0.15) is 5.10 Å². The van der Waals surface area contributed by atoms with Crippen LogP contribution in [0.2, 0.25) is 0 Å². The van der Waals surface area contributed by atoms with E-state index in [0.29, 0.717) is 23.7 Å². The molecule has 1 atom stereocenters. The first-order valence-electron chi connectivity index (χ1n) is 8.20. The van der Waals surface area contributed by atoms with Crippen LogP contribution in [-0.4, -0.2) is 37.2 Å². The number of rotatable bonds is 5. The van der Waals surface area contributed by atoms with Crippen LogP contribution in [0.3, 0.4) is 0 Å². The summed E-state index contributed by atoms with van der Waals surface area (Å²) in [6.45, 7) is 0. The van der Waals surface area contributed by atoms with Crippen molar-refractivity contribution in [2.75, 3.05) is 21.3 Å². The molecule has 142 valence electrons. The summed E-state index contributed by atoms with van der Waals surface area (Å²) >= 11 is 8.68. The Morgan fingerprint density at radius 1 is 1.11 bits per heavy atom. The monoisotopic (exact) mass is 449 g/mol. The van der Waals surface area contributed by atoms with E-state index in [2.05, 4.69) is 21.0 Å². The van der Waals surface area contributed by atoms with E-state index in [1.807, 2.05) is 36.4 Å². The number of nitrogens with zero attached hydrogens (tertiary/aromatic N) is 2. The maximum atomic E-state index is 5.94. The molecule has 0 aromatic heterocycles. The van der Waals surface area contributed by atoms with Crippen LogP contribution in [0.1, 0.15) is 23.6 Å². The summed E-state index contributed by atoms with van der Waals surface area (Å²) in [5.41, 5.74) is 8.80. The Labute approximate surface area is 172 Å². The molecule has 2 aromatic rings. The molecule has 2 N–H and O–H groups in total. The summed E-state index contributed by atoms with van der Waals surface area (Å²) in [6, 6.07) is 11.6. The number of thiocarbonyl (C=S) groups is 1. The van der Waals surface area contributed by atoms with E-state index in [0.717, 1.165) is 21.3 Å². The maximum absolute atomic E-state index is 5.94. The summed E-state index contributed by atoms with van der Waals surface area (Å²) in [6.07, 6.45) is 0.650. The lowest BCUT2D eigenvalue weighted by Crippen LogP contribution is -2.31. The molecule has 3 rings (SSSR count). The van der Waals surface area contributed by atoms with Crippen LogP contribution in [0.15, 0.2) is 46.0 Å². The zero-order chi connectivity index (χ0) is 19.6. The van der Waals surface area contributed by atoms with Crippen LogP contribution < -0.4 is 19.9 Å². The fourth-order valence-corrected chi connectivity index (χ4v) is 3.52. The highest BCUT2D eigenvalue weighted by Gasteiger charge is 2.32. The molecule has 0 amide bonds. The maximum Gasteiger partial charge on any atom is 0.203 e. The zero-order valence-corrected chi connectivity index (χ0v) is 17.6. The van der Waals surface area contributed by atoms with E-state index in [1.54, 1.807) is 26.3 Å². The molecule has 0 radical (unpaired) electrons. The number of methoxy groups -OCH3 is 3. The Morgan fingerprint density at radius 3 is 2.19 bits per heavy atom. The Kier molecular flexibility index (Phi) is 5.86. The molecule has 1 aliphatic heterocycles. The third-order valence-corrected chi connectivity index (χ3v) is 5.10. The van der Waals surface area contributed by atoms with Gasteiger partial charge < -0.3 is 19.9 Å². The van der Waals surface area contributed by atoms with Gasteiger partial charge >= 0.3 is 0 Å². The summed E-state index contributed by atoms with van der Waals surface area (Å²) in [5.74, 6) is 1.69. The largest absolute Gasteiger partial charge is 0.493 e. The minimum absolute atomic E-state index is 0.158. The number of hydrogen-bond acceptors (Lipinski definition) is 5. The van der Waals surface area contributed by atoms with Gasteiger partial charge in [-0.15, -0.1) is 0 Å². The highest BCUT2D eigenvalue weighted by atomic mass is 79.9. The van der Waals surface area contributed by atoms with Gasteiger partial charge in [0.05, 0.1) is 33.1 Å². The van der Waals surface area contributed by atoms with Crippen molar-refractivity contribution in [2.45, 2.75) is 12.5 Å². The number of hydrogen-bond donors (Lipinski definition) is 1. The van der Waals surface area contributed by atoms with Crippen LogP contribution in [0.25, 0.3) is 0 Å². The lowest BCUT2D eigenvalue weighted by Gasteiger charge is -2.23. The van der Waals surface area contributed by atoms with Crippen molar-refractivity contribution in [3.05, 3.63) is 52.0 Å². The first-order valence-corrected chi connectivity index (χ1v) is 9.40. The van der Waals surface area contributed by atoms with Crippen LogP contribution in [-0.2, 0) is 0 Å². The molecule has 1 unspecified atom stereocenters. The van der Waals surface area contributed by atoms with Crippen molar-refractivity contribution < 1.29 is 14.2 Å². The lowest BCUT2D eigenvalue weighted by molar-refractivity contribution is 0.319. The van der Waals surface area contributed by atoms with Crippen LogP contribution in [0.5, 0.6) is 17.2 Å². The summed E-state index contributed by atoms with van der Waals surface area (Å²) in [5, 5.41) is 6.52. The fourth-order valence-electron chi connectivity index (χ4n) is 3.08. The third kappa shape index (κ3) is 3.86.